The lowest BCUT2D eigenvalue weighted by molar-refractivity contribution is 0.0691. The number of aliphatic hydroxyl groups is 5. The van der Waals surface area contributed by atoms with Crippen LogP contribution in [0.25, 0.3) is 132 Å². The number of hydrogen-bond donors (Lipinski definition) is 21. The third kappa shape index (κ3) is 20.1. The highest BCUT2D eigenvalue weighted by Crippen LogP contribution is 2.53. The van der Waals surface area contributed by atoms with E-state index in [1.807, 2.05) is 146 Å². The van der Waals surface area contributed by atoms with Gasteiger partial charge >= 0.3 is 23.9 Å². The number of para-hydroxylation sites is 6. The number of aryl methyl sites for hydroxylation is 1. The Bertz CT molecular complexity index is 8860. The number of carbonyl (C=O) groups excluding carboxylic acids is 4. The lowest BCUT2D eigenvalue weighted by Crippen LogP contribution is -2.13. The maximum absolute atomic E-state index is 13.9. The fourth-order valence-corrected chi connectivity index (χ4v) is 22.6. The normalized spacial score (nSPS) is 12.5. The summed E-state index contributed by atoms with van der Waals surface area (Å²) in [7, 11) is 0. The highest BCUT2D eigenvalue weighted by Gasteiger charge is 2.38. The molecule has 0 saturated heterocycles. The maximum Gasteiger partial charge on any atom is 0.346 e. The zero-order valence-corrected chi connectivity index (χ0v) is 84.5. The van der Waals surface area contributed by atoms with Gasteiger partial charge in [0.05, 0.1) is 53.7 Å². The van der Waals surface area contributed by atoms with Crippen LogP contribution >= 0.6 is 45.3 Å². The Labute approximate surface area is 862 Å². The van der Waals surface area contributed by atoms with E-state index < -0.39 is 87.4 Å². The molecule has 149 heavy (non-hydrogen) atoms. The minimum atomic E-state index is -1.28. The minimum absolute atomic E-state index is 0.0128. The molecule has 35 heteroatoms. The van der Waals surface area contributed by atoms with E-state index in [-0.39, 0.29) is 99.4 Å². The summed E-state index contributed by atoms with van der Waals surface area (Å²) in [6.45, 7) is 15.1. The smallest absolute Gasteiger partial charge is 0.346 e. The summed E-state index contributed by atoms with van der Waals surface area (Å²) in [5.41, 5.74) is 16.1. The molecule has 2 unspecified atom stereocenters. The number of aromatic carboxylic acids is 4. The van der Waals surface area contributed by atoms with Crippen LogP contribution < -0.4 is 0 Å². The number of thiophene rings is 4. The maximum atomic E-state index is 13.9. The van der Waals surface area contributed by atoms with E-state index in [2.05, 4.69) is 39.9 Å². The van der Waals surface area contributed by atoms with Crippen LogP contribution in [0.15, 0.2) is 230 Å². The lowest BCUT2D eigenvalue weighted by atomic mass is 9.86. The van der Waals surface area contributed by atoms with Crippen molar-refractivity contribution < 1.29 is 114 Å². The zero-order chi connectivity index (χ0) is 106. The number of fused-ring (bicyclic) bond motifs is 8. The molecule has 0 aliphatic heterocycles. The van der Waals surface area contributed by atoms with Gasteiger partial charge in [-0.2, -0.15) is 0 Å². The average Bonchev–Trinajstić information content (AvgIpc) is 1.58. The highest BCUT2D eigenvalue weighted by atomic mass is 32.1. The molecule has 0 spiro atoms. The molecule has 2 atom stereocenters. The zero-order valence-electron chi connectivity index (χ0n) is 81.2. The summed E-state index contributed by atoms with van der Waals surface area (Å²) in [6.07, 6.45) is 19.0. The quantitative estimate of drug-likeness (QED) is 0.0147. The molecule has 0 amide bonds. The van der Waals surface area contributed by atoms with Crippen LogP contribution in [-0.2, 0) is 31.1 Å². The number of rotatable bonds is 30. The number of benzene rings is 8. The molecule has 29 nitrogen and oxygen atoms in total. The SMILES string of the molecule is C/C(=C/Cc1cccc2c(C(=O)c3sc(C(=O)O)c(-c4c[nH]c5cc(F)ccc45)c3O)c[nH]c12)CO.C/C(=C\Cc1cccc2c(C(=O)c3sc(C(=O)O)c(-c4c(C(C)(C)C)[nH]c5ccccc45)c3O)c[nH]c12)CO.C/C(=C\Cc1cccc2c(C(=O)c3sc(C(=O)O)c(-c4c[nH]c5c(C(C)O)cccc45)c3O)c[nH]c12)CO.CC(CO)CCc1cccc2c(C(=O)c3sc(C(=O)O)c(-c4c[nH]c5cc(F)ccc45)c3O)c[nH]c12. The fourth-order valence-electron chi connectivity index (χ4n) is 18.6. The van der Waals surface area contributed by atoms with E-state index in [0.29, 0.717) is 153 Å². The van der Waals surface area contributed by atoms with E-state index in [1.165, 1.54) is 48.8 Å². The molecule has 0 bridgehead atoms. The van der Waals surface area contributed by atoms with E-state index >= 15 is 0 Å². The summed E-state index contributed by atoms with van der Waals surface area (Å²) in [5.74, 6) is -9.32. The molecule has 0 fully saturated rings. The van der Waals surface area contributed by atoms with Crippen LogP contribution in [-0.4, -0.2) is 180 Å². The molecule has 20 rings (SSSR count). The number of aromatic amines is 8. The lowest BCUT2D eigenvalue weighted by Gasteiger charge is -2.19. The topological polar surface area (TPSA) is 526 Å². The van der Waals surface area contributed by atoms with Crippen LogP contribution in [0.3, 0.4) is 0 Å². The van der Waals surface area contributed by atoms with Crippen LogP contribution in [0.1, 0.15) is 201 Å². The summed E-state index contributed by atoms with van der Waals surface area (Å²) in [4.78, 5) is 128. The molecule has 0 aliphatic rings. The van der Waals surface area contributed by atoms with Gasteiger partial charge in [-0.25, -0.2) is 28.0 Å². The standard InChI is InChI=1S/C31H30N2O5S.C29H26N2O6S.C27H23FN2O5S.C27H21FN2O5S/c1-16(15-34)12-13-17-8-7-10-18-20(14-32-24(17)18)25(35)28-26(36)23(27(39-28)30(37)38)22-19-9-5-6-11-21(19)33-29(22)31(2,3)4;1-14(13-32)9-10-16-5-3-7-19-21(12-30-23(16)19)25(34)28-26(35)22(27(38-28)29(36)37)20-11-31-24-17(15(2)33)6-4-8-18(20)24;2*1-13(12-31)5-6-14-3-2-4-17-19(11-30-22(14)17)23(32)26-24(33)21(25(36-26)27(34)35)18-10-29-20-9-15(28)7-8-16(18)20/h5-12,14,32-34,36H,13,15H2,1-4H3,(H,37,38);3-9,11-12,15,30-33,35H,10,13H2,1-2H3,(H,36,37);2-4,7-11,13,29-31,33H,5-6,12H2,1H3,(H,34,35);2-5,7-11,29-31,33H,6,12H2,1H3,(H,34,35)/b16-12+;14-9+;;13-5-. The van der Waals surface area contributed by atoms with Crippen molar-refractivity contribution in [3.63, 3.8) is 0 Å². The van der Waals surface area contributed by atoms with Gasteiger partial charge in [0.1, 0.15) is 73.6 Å². The Balaban J connectivity index is 0.000000135. The molecule has 0 saturated carbocycles. The molecule has 760 valence electrons. The molecular formula is C114H100F2N8O21S4. The molecule has 12 heterocycles. The van der Waals surface area contributed by atoms with E-state index in [1.54, 1.807) is 74.3 Å². The molecule has 8 aromatic carbocycles. The number of carboxylic acid groups (broad SMARTS) is 4. The second-order valence-corrected chi connectivity index (χ2v) is 41.4. The van der Waals surface area contributed by atoms with Gasteiger partial charge in [0.25, 0.3) is 0 Å². The van der Waals surface area contributed by atoms with Crippen LogP contribution in [0, 0.1) is 17.6 Å². The predicted molar refractivity (Wildman–Crippen MR) is 575 cm³/mol. The first kappa shape index (κ1) is 104. The summed E-state index contributed by atoms with van der Waals surface area (Å²) >= 11 is 2.94. The number of aromatic nitrogens is 8. The number of ketones is 4. The van der Waals surface area contributed by atoms with Gasteiger partial charge in [0, 0.05) is 193 Å². The number of nitrogens with one attached hydrogen (secondary N) is 8. The number of carbonyl (C=O) groups is 8. The van der Waals surface area contributed by atoms with Crippen molar-refractivity contribution in [2.75, 3.05) is 26.4 Å². The third-order valence-electron chi connectivity index (χ3n) is 26.3. The minimum Gasteiger partial charge on any atom is -0.506 e. The van der Waals surface area contributed by atoms with Crippen LogP contribution in [0.5, 0.6) is 23.0 Å². The monoisotopic (exact) mass is 2080 g/mol. The first-order valence-electron chi connectivity index (χ1n) is 47.1. The summed E-state index contributed by atoms with van der Waals surface area (Å²) in [5, 5.41) is 137. The van der Waals surface area contributed by atoms with Gasteiger partial charge in [-0.05, 0) is 130 Å². The average molecular weight is 2080 g/mol. The molecule has 20 aromatic rings. The van der Waals surface area contributed by atoms with Gasteiger partial charge in [0.2, 0.25) is 23.1 Å². The van der Waals surface area contributed by atoms with Gasteiger partial charge in [-0.1, -0.05) is 172 Å². The summed E-state index contributed by atoms with van der Waals surface area (Å²) < 4.78 is 27.3. The van der Waals surface area contributed by atoms with Gasteiger partial charge in [-0.3, -0.25) is 19.2 Å². The Morgan fingerprint density at radius 1 is 0.356 bits per heavy atom. The van der Waals surface area contributed by atoms with E-state index in [0.717, 1.165) is 107 Å². The Morgan fingerprint density at radius 3 is 1.04 bits per heavy atom. The third-order valence-corrected chi connectivity index (χ3v) is 31.0. The molecule has 0 aliphatic carbocycles. The van der Waals surface area contributed by atoms with Gasteiger partial charge in [-0.15, -0.1) is 45.3 Å². The van der Waals surface area contributed by atoms with Crippen molar-refractivity contribution >= 4 is 180 Å². The molecular weight excluding hydrogens is 1980 g/mol. The predicted octanol–water partition coefficient (Wildman–Crippen LogP) is 23.7. The Morgan fingerprint density at radius 2 is 0.678 bits per heavy atom. The van der Waals surface area contributed by atoms with E-state index in [4.69, 9.17) is 0 Å². The number of aliphatic hydroxyl groups excluding tert-OH is 5. The van der Waals surface area contributed by atoms with Gasteiger partial charge < -0.3 is 106 Å². The number of carboxylic acids is 4. The van der Waals surface area contributed by atoms with Gasteiger partial charge in [0.15, 0.2) is 0 Å². The van der Waals surface area contributed by atoms with Crippen molar-refractivity contribution in [3.05, 3.63) is 336 Å². The van der Waals surface area contributed by atoms with Crippen molar-refractivity contribution in [1.29, 1.82) is 0 Å². The molecule has 21 N–H and O–H groups in total. The first-order chi connectivity index (χ1) is 71.3. The highest BCUT2D eigenvalue weighted by molar-refractivity contribution is 7.18. The van der Waals surface area contributed by atoms with E-state index in [9.17, 15) is 114 Å². The first-order valence-corrected chi connectivity index (χ1v) is 50.4. The number of aromatic hydroxyl groups is 4. The second-order valence-electron chi connectivity index (χ2n) is 37.3. The number of H-pyrrole nitrogens is 8. The largest absolute Gasteiger partial charge is 0.506 e. The summed E-state index contributed by atoms with van der Waals surface area (Å²) in [6, 6.07) is 43.2. The Kier molecular flexibility index (Phi) is 29.9. The Hall–Kier alpha value is -16.5. The molecule has 0 radical (unpaired) electrons. The second kappa shape index (κ2) is 42.9. The van der Waals surface area contributed by atoms with Crippen molar-refractivity contribution in [2.24, 2.45) is 5.92 Å². The fraction of sp³-hybridized carbons (Fsp3) is 0.175. The number of halogens is 2. The van der Waals surface area contributed by atoms with Crippen molar-refractivity contribution in [1.82, 2.24) is 39.9 Å². The van der Waals surface area contributed by atoms with Crippen LogP contribution in [0.4, 0.5) is 8.78 Å². The van der Waals surface area contributed by atoms with Crippen molar-refractivity contribution in [2.45, 2.75) is 99.0 Å². The molecule has 12 aromatic heterocycles. The van der Waals surface area contributed by atoms with Crippen LogP contribution in [0.2, 0.25) is 0 Å². The number of allylic oxidation sites excluding steroid dienone is 3. The van der Waals surface area contributed by atoms with Crippen molar-refractivity contribution in [3.8, 4) is 67.5 Å². The number of hydrogen-bond acceptors (Lipinski definition) is 21.